The van der Waals surface area contributed by atoms with Crippen LogP contribution < -0.4 is 11.1 Å². The topological polar surface area (TPSA) is 57.5 Å². The number of hydrazine groups is 2. The van der Waals surface area contributed by atoms with Crippen LogP contribution in [0.15, 0.2) is 40.2 Å². The van der Waals surface area contributed by atoms with Crippen LogP contribution in [0.3, 0.4) is 0 Å². The number of benzene rings is 1. The number of nitrogens with one attached hydrogen (secondary N) is 2. The SMILES string of the molecule is CCc1ccccc1-n1ncc(C2=NNNN2CC)c1Br. The van der Waals surface area contributed by atoms with Gasteiger partial charge in [0.1, 0.15) is 4.60 Å². The molecule has 1 aromatic heterocycles. The molecule has 0 atom stereocenters. The highest BCUT2D eigenvalue weighted by Gasteiger charge is 2.23. The van der Waals surface area contributed by atoms with Gasteiger partial charge in [0.15, 0.2) is 5.84 Å². The van der Waals surface area contributed by atoms with Gasteiger partial charge in [-0.2, -0.15) is 5.10 Å². The number of nitrogens with zero attached hydrogens (tertiary/aromatic N) is 4. The second-order valence-electron chi connectivity index (χ2n) is 4.65. The fraction of sp³-hybridized carbons (Fsp3) is 0.286. The Morgan fingerprint density at radius 1 is 1.24 bits per heavy atom. The van der Waals surface area contributed by atoms with E-state index in [1.54, 1.807) is 0 Å². The van der Waals surface area contributed by atoms with Gasteiger partial charge in [-0.05, 0) is 40.9 Å². The van der Waals surface area contributed by atoms with Crippen molar-refractivity contribution in [3.8, 4) is 5.69 Å². The minimum atomic E-state index is 0.801. The summed E-state index contributed by atoms with van der Waals surface area (Å²) in [5, 5.41) is 10.7. The summed E-state index contributed by atoms with van der Waals surface area (Å²) >= 11 is 3.66. The summed E-state index contributed by atoms with van der Waals surface area (Å²) in [6.07, 6.45) is 2.79. The Kier molecular flexibility index (Phi) is 3.94. The number of para-hydroxylation sites is 1. The molecule has 2 N–H and O–H groups in total. The van der Waals surface area contributed by atoms with E-state index in [-0.39, 0.29) is 0 Å². The van der Waals surface area contributed by atoms with Gasteiger partial charge in [-0.25, -0.2) is 10.2 Å². The Balaban J connectivity index is 2.04. The van der Waals surface area contributed by atoms with E-state index in [2.05, 4.69) is 63.2 Å². The van der Waals surface area contributed by atoms with Crippen molar-refractivity contribution in [2.24, 2.45) is 5.10 Å². The van der Waals surface area contributed by atoms with Gasteiger partial charge in [0.2, 0.25) is 0 Å². The lowest BCUT2D eigenvalue weighted by Gasteiger charge is -2.15. The summed E-state index contributed by atoms with van der Waals surface area (Å²) in [7, 11) is 0. The largest absolute Gasteiger partial charge is 0.271 e. The molecule has 110 valence electrons. The Morgan fingerprint density at radius 2 is 2.05 bits per heavy atom. The van der Waals surface area contributed by atoms with Gasteiger partial charge in [-0.15, -0.1) is 10.6 Å². The van der Waals surface area contributed by atoms with Crippen LogP contribution in [0.4, 0.5) is 0 Å². The quantitative estimate of drug-likeness (QED) is 0.889. The van der Waals surface area contributed by atoms with Crippen molar-refractivity contribution in [1.29, 1.82) is 0 Å². The smallest absolute Gasteiger partial charge is 0.177 e. The molecule has 0 saturated heterocycles. The van der Waals surface area contributed by atoms with E-state index in [1.807, 2.05) is 28.0 Å². The number of amidine groups is 1. The van der Waals surface area contributed by atoms with Gasteiger partial charge in [0, 0.05) is 6.54 Å². The molecule has 0 aliphatic carbocycles. The van der Waals surface area contributed by atoms with Crippen molar-refractivity contribution in [2.45, 2.75) is 20.3 Å². The van der Waals surface area contributed by atoms with Crippen molar-refractivity contribution in [3.63, 3.8) is 0 Å². The highest BCUT2D eigenvalue weighted by molar-refractivity contribution is 9.10. The predicted octanol–water partition coefficient (Wildman–Crippen LogP) is 2.20. The van der Waals surface area contributed by atoms with Gasteiger partial charge >= 0.3 is 0 Å². The molecule has 2 aromatic rings. The number of hydrogen-bond acceptors (Lipinski definition) is 5. The molecular weight excluding hydrogens is 332 g/mol. The van der Waals surface area contributed by atoms with Crippen LogP contribution >= 0.6 is 15.9 Å². The fourth-order valence-electron chi connectivity index (χ4n) is 2.35. The number of hydrogen-bond donors (Lipinski definition) is 2. The fourth-order valence-corrected chi connectivity index (χ4v) is 2.92. The van der Waals surface area contributed by atoms with Gasteiger partial charge in [0.05, 0.1) is 17.4 Å². The molecular formula is C14H17BrN6. The van der Waals surface area contributed by atoms with Gasteiger partial charge in [-0.3, -0.25) is 5.01 Å². The first-order valence-electron chi connectivity index (χ1n) is 6.94. The first kappa shape index (κ1) is 14.1. The zero-order valence-corrected chi connectivity index (χ0v) is 13.6. The first-order chi connectivity index (χ1) is 10.3. The van der Waals surface area contributed by atoms with Crippen LogP contribution in [0.1, 0.15) is 25.0 Å². The average molecular weight is 349 g/mol. The van der Waals surface area contributed by atoms with E-state index in [1.165, 1.54) is 5.56 Å². The van der Waals surface area contributed by atoms with E-state index in [0.717, 1.165) is 34.7 Å². The van der Waals surface area contributed by atoms with Crippen molar-refractivity contribution in [3.05, 3.63) is 46.2 Å². The minimum absolute atomic E-state index is 0.801. The normalized spacial score (nSPS) is 14.2. The third-order valence-corrected chi connectivity index (χ3v) is 4.23. The zero-order valence-electron chi connectivity index (χ0n) is 12.0. The molecule has 1 aliphatic heterocycles. The second-order valence-corrected chi connectivity index (χ2v) is 5.40. The maximum atomic E-state index is 4.51. The van der Waals surface area contributed by atoms with Crippen LogP contribution in [-0.2, 0) is 6.42 Å². The lowest BCUT2D eigenvalue weighted by Crippen LogP contribution is -2.40. The summed E-state index contributed by atoms with van der Waals surface area (Å²) in [4.78, 5) is 0. The van der Waals surface area contributed by atoms with Crippen LogP contribution in [0.2, 0.25) is 0 Å². The highest BCUT2D eigenvalue weighted by Crippen LogP contribution is 2.25. The Labute approximate surface area is 131 Å². The van der Waals surface area contributed by atoms with Crippen LogP contribution in [-0.4, -0.2) is 27.2 Å². The maximum Gasteiger partial charge on any atom is 0.177 e. The highest BCUT2D eigenvalue weighted by atomic mass is 79.9. The van der Waals surface area contributed by atoms with Crippen molar-refractivity contribution < 1.29 is 0 Å². The Bertz CT molecular complexity index is 678. The zero-order chi connectivity index (χ0) is 14.8. The molecule has 0 bridgehead atoms. The van der Waals surface area contributed by atoms with Crippen molar-refractivity contribution in [1.82, 2.24) is 25.9 Å². The minimum Gasteiger partial charge on any atom is -0.271 e. The molecule has 21 heavy (non-hydrogen) atoms. The molecule has 0 unspecified atom stereocenters. The van der Waals surface area contributed by atoms with Crippen molar-refractivity contribution >= 4 is 21.8 Å². The molecule has 0 radical (unpaired) electrons. The number of aromatic nitrogens is 2. The summed E-state index contributed by atoms with van der Waals surface area (Å²) in [6, 6.07) is 8.27. The average Bonchev–Trinajstić information content (AvgIpc) is 3.13. The number of halogens is 1. The second kappa shape index (κ2) is 5.87. The van der Waals surface area contributed by atoms with E-state index >= 15 is 0 Å². The molecule has 2 heterocycles. The standard InChI is InChI=1S/C14H17BrN6/c1-3-10-7-5-6-8-12(10)21-13(15)11(9-16-21)14-17-18-19-20(14)4-2/h5-9,18-19H,3-4H2,1-2H3. The molecule has 1 aromatic carbocycles. The van der Waals surface area contributed by atoms with E-state index in [4.69, 9.17) is 0 Å². The lowest BCUT2D eigenvalue weighted by atomic mass is 10.1. The van der Waals surface area contributed by atoms with Crippen LogP contribution in [0, 0.1) is 0 Å². The summed E-state index contributed by atoms with van der Waals surface area (Å²) in [6.45, 7) is 5.00. The molecule has 1 aliphatic rings. The van der Waals surface area contributed by atoms with E-state index in [9.17, 15) is 0 Å². The van der Waals surface area contributed by atoms with Gasteiger partial charge < -0.3 is 0 Å². The molecule has 0 fully saturated rings. The van der Waals surface area contributed by atoms with Gasteiger partial charge in [-0.1, -0.05) is 25.1 Å². The molecule has 0 saturated carbocycles. The predicted molar refractivity (Wildman–Crippen MR) is 85.8 cm³/mol. The summed E-state index contributed by atoms with van der Waals surface area (Å²) < 4.78 is 2.80. The molecule has 0 amide bonds. The summed E-state index contributed by atoms with van der Waals surface area (Å²) in [5.74, 6) is 0.824. The van der Waals surface area contributed by atoms with E-state index < -0.39 is 0 Å². The van der Waals surface area contributed by atoms with Gasteiger partial charge in [0.25, 0.3) is 0 Å². The first-order valence-corrected chi connectivity index (χ1v) is 7.73. The third kappa shape index (κ3) is 2.43. The van der Waals surface area contributed by atoms with Crippen LogP contribution in [0.5, 0.6) is 0 Å². The number of hydrazone groups is 1. The molecule has 7 heteroatoms. The summed E-state index contributed by atoms with van der Waals surface area (Å²) in [5.41, 5.74) is 9.04. The molecule has 3 rings (SSSR count). The van der Waals surface area contributed by atoms with Crippen molar-refractivity contribution in [2.75, 3.05) is 6.54 Å². The third-order valence-electron chi connectivity index (χ3n) is 3.47. The molecule has 6 nitrogen and oxygen atoms in total. The maximum absolute atomic E-state index is 4.51. The van der Waals surface area contributed by atoms with Crippen LogP contribution in [0.25, 0.3) is 5.69 Å². The Hall–Kier alpha value is -1.86. The lowest BCUT2D eigenvalue weighted by molar-refractivity contribution is 0.308. The monoisotopic (exact) mass is 348 g/mol. The number of rotatable bonds is 4. The molecule has 0 spiro atoms. The van der Waals surface area contributed by atoms with E-state index in [0.29, 0.717) is 0 Å². The Morgan fingerprint density at radius 3 is 2.81 bits per heavy atom. The number of aryl methyl sites for hydroxylation is 1.